The van der Waals surface area contributed by atoms with Crippen LogP contribution >= 0.6 is 15.9 Å². The third kappa shape index (κ3) is 3.75. The number of carbonyl (C=O) groups excluding carboxylic acids is 1. The number of anilines is 1. The van der Waals surface area contributed by atoms with Gasteiger partial charge in [-0.25, -0.2) is 13.1 Å². The molecule has 5 nitrogen and oxygen atoms in total. The number of fused-ring (bicyclic) bond motifs is 2. The molecule has 2 aromatic rings. The van der Waals surface area contributed by atoms with E-state index in [1.54, 1.807) is 18.2 Å². The van der Waals surface area contributed by atoms with Crippen LogP contribution in [0.4, 0.5) is 5.69 Å². The summed E-state index contributed by atoms with van der Waals surface area (Å²) in [6.45, 7) is 2.61. The zero-order valence-corrected chi connectivity index (χ0v) is 22.0. The molecule has 2 aromatic carbocycles. The largest absolute Gasteiger partial charge is 0.307 e. The second-order valence-electron chi connectivity index (χ2n) is 11.4. The van der Waals surface area contributed by atoms with Crippen LogP contribution in [-0.2, 0) is 15.4 Å². The van der Waals surface area contributed by atoms with Gasteiger partial charge in [-0.2, -0.15) is 0 Å². The highest BCUT2D eigenvalue weighted by Gasteiger charge is 2.53. The average molecular weight is 544 g/mol. The molecule has 180 valence electrons. The molecule has 0 saturated heterocycles. The molecule has 3 aliphatic carbocycles. The lowest BCUT2D eigenvalue weighted by Gasteiger charge is -2.38. The van der Waals surface area contributed by atoms with Crippen LogP contribution in [0.2, 0.25) is 0 Å². The summed E-state index contributed by atoms with van der Waals surface area (Å²) in [7, 11) is -3.68. The molecule has 3 saturated carbocycles. The van der Waals surface area contributed by atoms with Crippen molar-refractivity contribution in [2.24, 2.45) is 5.41 Å². The maximum atomic E-state index is 13.8. The molecule has 3 fully saturated rings. The highest BCUT2D eigenvalue weighted by atomic mass is 79.9. The van der Waals surface area contributed by atoms with E-state index in [-0.39, 0.29) is 21.8 Å². The molecule has 34 heavy (non-hydrogen) atoms. The fourth-order valence-electron chi connectivity index (χ4n) is 6.33. The lowest BCUT2D eigenvalue weighted by Crippen LogP contribution is -2.50. The monoisotopic (exact) mass is 542 g/mol. The quantitative estimate of drug-likeness (QED) is 0.521. The molecule has 1 N–H and O–H groups in total. The molecule has 0 radical (unpaired) electrons. The summed E-state index contributed by atoms with van der Waals surface area (Å²) in [6, 6.07) is 12.7. The van der Waals surface area contributed by atoms with Crippen molar-refractivity contribution >= 4 is 37.5 Å². The summed E-state index contributed by atoms with van der Waals surface area (Å²) in [5.41, 5.74) is 2.82. The van der Waals surface area contributed by atoms with Crippen molar-refractivity contribution in [3.05, 3.63) is 58.1 Å². The minimum atomic E-state index is -3.68. The molecule has 2 spiro atoms. The standard InChI is InChI=1S/C27H31BrN2O3S/c1-25(8-3-9-25)29-34(32,33)21-5-2-4-19(16-21)24(31)30-18-27(14-12-26(10-11-26)13-15-27)22-17-20(28)6-7-23(22)30/h2,4-7,16-17,29H,3,8-15,18H2,1H3. The van der Waals surface area contributed by atoms with Crippen LogP contribution in [0.25, 0.3) is 0 Å². The van der Waals surface area contributed by atoms with Gasteiger partial charge < -0.3 is 4.90 Å². The molecule has 7 heteroatoms. The number of halogens is 1. The van der Waals surface area contributed by atoms with Crippen LogP contribution in [0.15, 0.2) is 51.8 Å². The SMILES string of the molecule is CC1(NS(=O)(=O)c2cccc(C(=O)N3CC4(CCC5(CC5)CC4)c4cc(Br)ccc43)c2)CCC1. The predicted molar refractivity (Wildman–Crippen MR) is 137 cm³/mol. The summed E-state index contributed by atoms with van der Waals surface area (Å²) >= 11 is 3.64. The predicted octanol–water partition coefficient (Wildman–Crippen LogP) is 5.92. The van der Waals surface area contributed by atoms with E-state index in [2.05, 4.69) is 26.7 Å². The normalized spacial score (nSPS) is 23.5. The molecule has 0 bridgehead atoms. The number of nitrogens with one attached hydrogen (secondary N) is 1. The first-order valence-electron chi connectivity index (χ1n) is 12.4. The van der Waals surface area contributed by atoms with Gasteiger partial charge >= 0.3 is 0 Å². The summed E-state index contributed by atoms with van der Waals surface area (Å²) in [4.78, 5) is 15.8. The Morgan fingerprint density at radius 1 is 0.971 bits per heavy atom. The molecule has 0 aromatic heterocycles. The Hall–Kier alpha value is -1.70. The van der Waals surface area contributed by atoms with Crippen molar-refractivity contribution in [1.82, 2.24) is 4.72 Å². The molecule has 1 amide bonds. The number of carbonyl (C=O) groups is 1. The number of benzene rings is 2. The van der Waals surface area contributed by atoms with Crippen LogP contribution in [0.5, 0.6) is 0 Å². The highest BCUT2D eigenvalue weighted by Crippen LogP contribution is 2.62. The molecular formula is C27H31BrN2O3S. The number of rotatable bonds is 4. The second kappa shape index (κ2) is 7.65. The minimum absolute atomic E-state index is 0.00727. The van der Waals surface area contributed by atoms with Crippen molar-refractivity contribution in [2.75, 3.05) is 11.4 Å². The van der Waals surface area contributed by atoms with Gasteiger partial charge in [0.1, 0.15) is 0 Å². The third-order valence-corrected chi connectivity index (χ3v) is 11.1. The molecule has 1 aliphatic heterocycles. The van der Waals surface area contributed by atoms with Crippen molar-refractivity contribution in [2.45, 2.75) is 80.6 Å². The van der Waals surface area contributed by atoms with Gasteiger partial charge in [-0.3, -0.25) is 4.79 Å². The summed E-state index contributed by atoms with van der Waals surface area (Å²) in [5.74, 6) is -0.126. The van der Waals surface area contributed by atoms with E-state index >= 15 is 0 Å². The van der Waals surface area contributed by atoms with E-state index in [0.29, 0.717) is 17.5 Å². The van der Waals surface area contributed by atoms with E-state index in [9.17, 15) is 13.2 Å². The van der Waals surface area contributed by atoms with E-state index < -0.39 is 10.0 Å². The first-order chi connectivity index (χ1) is 16.1. The first kappa shape index (κ1) is 22.7. The molecular weight excluding hydrogens is 512 g/mol. The lowest BCUT2D eigenvalue weighted by molar-refractivity contribution is 0.0980. The topological polar surface area (TPSA) is 66.5 Å². The van der Waals surface area contributed by atoms with Gasteiger partial charge in [0.2, 0.25) is 10.0 Å². The molecule has 4 aliphatic rings. The number of sulfonamides is 1. The van der Waals surface area contributed by atoms with E-state index in [4.69, 9.17) is 0 Å². The van der Waals surface area contributed by atoms with Gasteiger partial charge in [-0.05, 0) is 112 Å². The van der Waals surface area contributed by atoms with Gasteiger partial charge in [0.25, 0.3) is 5.91 Å². The van der Waals surface area contributed by atoms with E-state index in [1.807, 2.05) is 24.0 Å². The maximum absolute atomic E-state index is 13.8. The van der Waals surface area contributed by atoms with Gasteiger partial charge in [-0.15, -0.1) is 0 Å². The lowest BCUT2D eigenvalue weighted by atomic mass is 9.66. The van der Waals surface area contributed by atoms with Crippen LogP contribution in [0.1, 0.15) is 80.6 Å². The Labute approximate surface area is 210 Å². The van der Waals surface area contributed by atoms with E-state index in [1.165, 1.54) is 37.3 Å². The van der Waals surface area contributed by atoms with Crippen molar-refractivity contribution in [1.29, 1.82) is 0 Å². The molecule has 0 unspecified atom stereocenters. The number of nitrogens with zero attached hydrogens (tertiary/aromatic N) is 1. The fourth-order valence-corrected chi connectivity index (χ4v) is 8.20. The van der Waals surface area contributed by atoms with Crippen LogP contribution in [0.3, 0.4) is 0 Å². The van der Waals surface area contributed by atoms with E-state index in [0.717, 1.165) is 42.3 Å². The third-order valence-electron chi connectivity index (χ3n) is 8.98. The van der Waals surface area contributed by atoms with Crippen molar-refractivity contribution in [3.8, 4) is 0 Å². The molecule has 6 rings (SSSR count). The van der Waals surface area contributed by atoms with Crippen LogP contribution < -0.4 is 9.62 Å². The molecule has 1 heterocycles. The summed E-state index contributed by atoms with van der Waals surface area (Å²) < 4.78 is 30.0. The number of amides is 1. The highest BCUT2D eigenvalue weighted by molar-refractivity contribution is 9.10. The zero-order valence-electron chi connectivity index (χ0n) is 19.6. The Kier molecular flexibility index (Phi) is 5.12. The smallest absolute Gasteiger partial charge is 0.258 e. The summed E-state index contributed by atoms with van der Waals surface area (Å²) in [5, 5.41) is 0. The average Bonchev–Trinajstić information content (AvgIpc) is 3.50. The summed E-state index contributed by atoms with van der Waals surface area (Å²) in [6.07, 6.45) is 10.1. The van der Waals surface area contributed by atoms with Crippen molar-refractivity contribution in [3.63, 3.8) is 0 Å². The van der Waals surface area contributed by atoms with Crippen LogP contribution in [0, 0.1) is 5.41 Å². The number of hydrogen-bond acceptors (Lipinski definition) is 3. The Morgan fingerprint density at radius 2 is 1.68 bits per heavy atom. The Balaban J connectivity index is 1.31. The van der Waals surface area contributed by atoms with Gasteiger partial charge in [0, 0.05) is 33.2 Å². The van der Waals surface area contributed by atoms with Crippen LogP contribution in [-0.4, -0.2) is 26.4 Å². The number of hydrogen-bond donors (Lipinski definition) is 1. The fraction of sp³-hybridized carbons (Fsp3) is 0.519. The van der Waals surface area contributed by atoms with Gasteiger partial charge in [-0.1, -0.05) is 22.0 Å². The molecule has 0 atom stereocenters. The zero-order chi connectivity index (χ0) is 23.8. The first-order valence-corrected chi connectivity index (χ1v) is 14.7. The minimum Gasteiger partial charge on any atom is -0.307 e. The Bertz CT molecular complexity index is 1270. The Morgan fingerprint density at radius 3 is 2.32 bits per heavy atom. The van der Waals surface area contributed by atoms with Gasteiger partial charge in [0.15, 0.2) is 0 Å². The maximum Gasteiger partial charge on any atom is 0.258 e. The second-order valence-corrected chi connectivity index (χ2v) is 14.0. The van der Waals surface area contributed by atoms with Gasteiger partial charge in [0.05, 0.1) is 4.90 Å². The van der Waals surface area contributed by atoms with Crippen molar-refractivity contribution < 1.29 is 13.2 Å².